The predicted molar refractivity (Wildman–Crippen MR) is 87.3 cm³/mol. The summed E-state index contributed by atoms with van der Waals surface area (Å²) in [6.07, 6.45) is 10.6. The van der Waals surface area contributed by atoms with Gasteiger partial charge in [0, 0.05) is 18.5 Å². The zero-order chi connectivity index (χ0) is 15.1. The first-order valence-electron chi connectivity index (χ1n) is 8.77. The number of piperidine rings is 1. The van der Waals surface area contributed by atoms with Crippen molar-refractivity contribution in [1.29, 1.82) is 0 Å². The fourth-order valence-corrected chi connectivity index (χ4v) is 3.85. The van der Waals surface area contributed by atoms with Crippen LogP contribution in [0.4, 0.5) is 0 Å². The quantitative estimate of drug-likeness (QED) is 0.789. The lowest BCUT2D eigenvalue weighted by molar-refractivity contribution is -0.122. The SMILES string of the molecule is CN(C)C1(CNC(=O)CCC2CCCNC2)CCCCC1. The average molecular weight is 295 g/mol. The zero-order valence-corrected chi connectivity index (χ0v) is 13.9. The number of nitrogens with one attached hydrogen (secondary N) is 2. The third-order valence-electron chi connectivity index (χ3n) is 5.53. The number of hydrogen-bond donors (Lipinski definition) is 2. The van der Waals surface area contributed by atoms with E-state index in [1.807, 2.05) is 0 Å². The second kappa shape index (κ2) is 8.14. The van der Waals surface area contributed by atoms with Crippen LogP contribution >= 0.6 is 0 Å². The molecule has 0 bridgehead atoms. The van der Waals surface area contributed by atoms with Gasteiger partial charge < -0.3 is 15.5 Å². The highest BCUT2D eigenvalue weighted by Gasteiger charge is 2.34. The third-order valence-corrected chi connectivity index (χ3v) is 5.53. The van der Waals surface area contributed by atoms with Crippen LogP contribution in [0.2, 0.25) is 0 Å². The van der Waals surface area contributed by atoms with E-state index in [9.17, 15) is 4.79 Å². The number of nitrogens with zero attached hydrogens (tertiary/aromatic N) is 1. The molecule has 4 nitrogen and oxygen atoms in total. The van der Waals surface area contributed by atoms with Crippen LogP contribution in [0, 0.1) is 5.92 Å². The largest absolute Gasteiger partial charge is 0.354 e. The minimum absolute atomic E-state index is 0.195. The topological polar surface area (TPSA) is 44.4 Å². The van der Waals surface area contributed by atoms with Gasteiger partial charge in [0.05, 0.1) is 0 Å². The van der Waals surface area contributed by atoms with E-state index in [0.717, 1.165) is 26.1 Å². The van der Waals surface area contributed by atoms with Crippen LogP contribution in [0.3, 0.4) is 0 Å². The number of carbonyl (C=O) groups is 1. The summed E-state index contributed by atoms with van der Waals surface area (Å²) in [5, 5.41) is 6.64. The molecule has 0 spiro atoms. The Morgan fingerprint density at radius 2 is 2.00 bits per heavy atom. The van der Waals surface area contributed by atoms with Crippen molar-refractivity contribution in [2.45, 2.75) is 63.3 Å². The summed E-state index contributed by atoms with van der Waals surface area (Å²) >= 11 is 0. The van der Waals surface area contributed by atoms with Crippen LogP contribution in [0.1, 0.15) is 57.8 Å². The number of carbonyl (C=O) groups excluding carboxylic acids is 1. The lowest BCUT2D eigenvalue weighted by Crippen LogP contribution is -2.53. The number of likely N-dealkylation sites (N-methyl/N-ethyl adjacent to an activating group) is 1. The van der Waals surface area contributed by atoms with Crippen molar-refractivity contribution >= 4 is 5.91 Å². The zero-order valence-electron chi connectivity index (χ0n) is 13.9. The lowest BCUT2D eigenvalue weighted by atomic mass is 9.80. The number of rotatable bonds is 6. The summed E-state index contributed by atoms with van der Waals surface area (Å²) in [4.78, 5) is 14.5. The molecule has 1 aliphatic heterocycles. The fourth-order valence-electron chi connectivity index (χ4n) is 3.85. The Morgan fingerprint density at radius 3 is 2.62 bits per heavy atom. The van der Waals surface area contributed by atoms with E-state index in [1.54, 1.807) is 0 Å². The maximum atomic E-state index is 12.1. The predicted octanol–water partition coefficient (Wildman–Crippen LogP) is 2.15. The average Bonchev–Trinajstić information content (AvgIpc) is 2.52. The molecular formula is C17H33N3O. The smallest absolute Gasteiger partial charge is 0.220 e. The van der Waals surface area contributed by atoms with Gasteiger partial charge in [0.2, 0.25) is 5.91 Å². The first-order valence-corrected chi connectivity index (χ1v) is 8.77. The van der Waals surface area contributed by atoms with Gasteiger partial charge in [-0.3, -0.25) is 4.79 Å². The molecule has 1 amide bonds. The van der Waals surface area contributed by atoms with Crippen LogP contribution < -0.4 is 10.6 Å². The minimum atomic E-state index is 0.195. The van der Waals surface area contributed by atoms with Gasteiger partial charge >= 0.3 is 0 Å². The van der Waals surface area contributed by atoms with E-state index in [0.29, 0.717) is 12.3 Å². The van der Waals surface area contributed by atoms with Gasteiger partial charge in [0.25, 0.3) is 0 Å². The second-order valence-electron chi connectivity index (χ2n) is 7.21. The normalized spacial score (nSPS) is 25.8. The Bertz CT molecular complexity index is 318. The van der Waals surface area contributed by atoms with Crippen molar-refractivity contribution in [1.82, 2.24) is 15.5 Å². The molecule has 0 aromatic rings. The fraction of sp³-hybridized carbons (Fsp3) is 0.941. The number of hydrogen-bond acceptors (Lipinski definition) is 3. The number of amides is 1. The lowest BCUT2D eigenvalue weighted by Gasteiger charge is -2.43. The molecule has 1 saturated heterocycles. The van der Waals surface area contributed by atoms with Gasteiger partial charge in [-0.25, -0.2) is 0 Å². The summed E-state index contributed by atoms with van der Waals surface area (Å²) in [6.45, 7) is 3.06. The summed E-state index contributed by atoms with van der Waals surface area (Å²) in [7, 11) is 4.32. The monoisotopic (exact) mass is 295 g/mol. The van der Waals surface area contributed by atoms with Crippen molar-refractivity contribution in [3.8, 4) is 0 Å². The Morgan fingerprint density at radius 1 is 1.24 bits per heavy atom. The summed E-state index contributed by atoms with van der Waals surface area (Å²) in [5.74, 6) is 0.939. The molecule has 1 heterocycles. The van der Waals surface area contributed by atoms with Crippen LogP contribution in [0.25, 0.3) is 0 Å². The van der Waals surface area contributed by atoms with Crippen molar-refractivity contribution in [3.63, 3.8) is 0 Å². The Balaban J connectivity index is 1.71. The molecular weight excluding hydrogens is 262 g/mol. The van der Waals surface area contributed by atoms with Gasteiger partial charge in [0.1, 0.15) is 0 Å². The molecule has 2 N–H and O–H groups in total. The minimum Gasteiger partial charge on any atom is -0.354 e. The molecule has 1 saturated carbocycles. The highest BCUT2D eigenvalue weighted by molar-refractivity contribution is 5.75. The van der Waals surface area contributed by atoms with E-state index < -0.39 is 0 Å². The second-order valence-corrected chi connectivity index (χ2v) is 7.21. The highest BCUT2D eigenvalue weighted by atomic mass is 16.1. The Kier molecular flexibility index (Phi) is 6.49. The molecule has 2 rings (SSSR count). The van der Waals surface area contributed by atoms with Crippen molar-refractivity contribution < 1.29 is 4.79 Å². The van der Waals surface area contributed by atoms with E-state index in [-0.39, 0.29) is 11.4 Å². The molecule has 21 heavy (non-hydrogen) atoms. The Labute approximate surface area is 130 Å². The van der Waals surface area contributed by atoms with Crippen molar-refractivity contribution in [3.05, 3.63) is 0 Å². The van der Waals surface area contributed by atoms with Gasteiger partial charge in [-0.05, 0) is 65.2 Å². The summed E-state index contributed by atoms with van der Waals surface area (Å²) in [6, 6.07) is 0. The van der Waals surface area contributed by atoms with Crippen LogP contribution in [-0.2, 0) is 4.79 Å². The van der Waals surface area contributed by atoms with Gasteiger partial charge in [-0.2, -0.15) is 0 Å². The molecule has 0 radical (unpaired) electrons. The van der Waals surface area contributed by atoms with E-state index in [2.05, 4.69) is 29.6 Å². The van der Waals surface area contributed by atoms with E-state index >= 15 is 0 Å². The standard InChI is InChI=1S/C17H33N3O/c1-20(2)17(10-4-3-5-11-17)14-19-16(21)9-8-15-7-6-12-18-13-15/h15,18H,3-14H2,1-2H3,(H,19,21). The summed E-state index contributed by atoms with van der Waals surface area (Å²) < 4.78 is 0. The van der Waals surface area contributed by atoms with Crippen molar-refractivity contribution in [2.24, 2.45) is 5.92 Å². The molecule has 0 aromatic heterocycles. The van der Waals surface area contributed by atoms with Crippen molar-refractivity contribution in [2.75, 3.05) is 33.7 Å². The molecule has 122 valence electrons. The van der Waals surface area contributed by atoms with Crippen LogP contribution in [0.5, 0.6) is 0 Å². The maximum Gasteiger partial charge on any atom is 0.220 e. The van der Waals surface area contributed by atoms with Gasteiger partial charge in [-0.1, -0.05) is 19.3 Å². The highest BCUT2D eigenvalue weighted by Crippen LogP contribution is 2.31. The first kappa shape index (κ1) is 16.8. The van der Waals surface area contributed by atoms with Gasteiger partial charge in [-0.15, -0.1) is 0 Å². The summed E-state index contributed by atoms with van der Waals surface area (Å²) in [5.41, 5.74) is 0.195. The molecule has 2 aliphatic rings. The molecule has 1 atom stereocenters. The van der Waals surface area contributed by atoms with Crippen LogP contribution in [-0.4, -0.2) is 50.1 Å². The van der Waals surface area contributed by atoms with E-state index in [1.165, 1.54) is 44.9 Å². The molecule has 0 aromatic carbocycles. The van der Waals surface area contributed by atoms with Crippen LogP contribution in [0.15, 0.2) is 0 Å². The first-order chi connectivity index (χ1) is 10.1. The van der Waals surface area contributed by atoms with Gasteiger partial charge in [0.15, 0.2) is 0 Å². The molecule has 1 unspecified atom stereocenters. The molecule has 2 fully saturated rings. The van der Waals surface area contributed by atoms with E-state index in [4.69, 9.17) is 0 Å². The molecule has 1 aliphatic carbocycles. The Hall–Kier alpha value is -0.610. The molecule has 4 heteroatoms. The maximum absolute atomic E-state index is 12.1. The third kappa shape index (κ3) is 4.96.